The van der Waals surface area contributed by atoms with Crippen LogP contribution in [0.4, 0.5) is 5.69 Å². The minimum absolute atomic E-state index is 0.135. The van der Waals surface area contributed by atoms with Crippen molar-refractivity contribution in [1.82, 2.24) is 10.9 Å². The van der Waals surface area contributed by atoms with Crippen molar-refractivity contribution in [1.29, 1.82) is 0 Å². The summed E-state index contributed by atoms with van der Waals surface area (Å²) in [5, 5.41) is 10.7. The highest BCUT2D eigenvalue weighted by atomic mass is 16.6. The van der Waals surface area contributed by atoms with Crippen molar-refractivity contribution in [3.05, 3.63) is 112 Å². The van der Waals surface area contributed by atoms with E-state index >= 15 is 0 Å². The number of nitrogens with zero attached hydrogens (tertiary/aromatic N) is 1. The van der Waals surface area contributed by atoms with Gasteiger partial charge < -0.3 is 4.74 Å². The fraction of sp³-hybridized carbons (Fsp3) is 0. The van der Waals surface area contributed by atoms with Crippen LogP contribution >= 0.6 is 0 Å². The molecule has 9 heteroatoms. The molecule has 0 spiro atoms. The lowest BCUT2D eigenvalue weighted by Crippen LogP contribution is -2.40. The lowest BCUT2D eigenvalue weighted by atomic mass is 10.1. The summed E-state index contributed by atoms with van der Waals surface area (Å²) in [5.74, 6) is -1.58. The predicted octanol–water partition coefficient (Wildman–Crippen LogP) is 3.29. The summed E-state index contributed by atoms with van der Waals surface area (Å²) < 4.78 is 5.36. The van der Waals surface area contributed by atoms with Crippen LogP contribution in [0.5, 0.6) is 5.75 Å². The summed E-state index contributed by atoms with van der Waals surface area (Å²) >= 11 is 0. The van der Waals surface area contributed by atoms with Crippen molar-refractivity contribution < 1.29 is 24.0 Å². The van der Waals surface area contributed by atoms with Crippen LogP contribution in [0, 0.1) is 10.1 Å². The third-order valence-corrected chi connectivity index (χ3v) is 4.18. The van der Waals surface area contributed by atoms with E-state index in [-0.39, 0.29) is 17.0 Å². The Bertz CT molecular complexity index is 1170. The second-order valence-corrected chi connectivity index (χ2v) is 6.37. The van der Waals surface area contributed by atoms with Gasteiger partial charge in [0.05, 0.1) is 10.5 Å². The molecule has 9 nitrogen and oxygen atoms in total. The normalized spacial score (nSPS) is 10.4. The Balaban J connectivity index is 1.62. The zero-order chi connectivity index (χ0) is 22.9. The minimum atomic E-state index is -0.708. The zero-order valence-corrected chi connectivity index (χ0v) is 16.6. The highest BCUT2D eigenvalue weighted by Gasteiger charge is 2.13. The van der Waals surface area contributed by atoms with Gasteiger partial charge in [0.2, 0.25) is 0 Å². The predicted molar refractivity (Wildman–Crippen MR) is 116 cm³/mol. The van der Waals surface area contributed by atoms with Crippen LogP contribution in [0.2, 0.25) is 0 Å². The first-order chi connectivity index (χ1) is 15.4. The first-order valence-corrected chi connectivity index (χ1v) is 9.33. The molecule has 0 fully saturated rings. The fourth-order valence-electron chi connectivity index (χ4n) is 2.58. The van der Waals surface area contributed by atoms with Gasteiger partial charge in [0.25, 0.3) is 17.5 Å². The fourth-order valence-corrected chi connectivity index (χ4v) is 2.58. The second kappa shape index (κ2) is 10.3. The van der Waals surface area contributed by atoms with Gasteiger partial charge >= 0.3 is 5.97 Å². The SMILES string of the molecule is O=C(/C=C/c1ccccc1OC(=O)c1ccc([N+](=O)[O-])cc1)NNC(=O)c1ccccc1. The molecule has 0 bridgehead atoms. The number of ether oxygens (including phenoxy) is 1. The molecule has 0 aliphatic carbocycles. The third kappa shape index (κ3) is 5.86. The Morgan fingerprint density at radius 1 is 0.812 bits per heavy atom. The molecular formula is C23H17N3O6. The van der Waals surface area contributed by atoms with E-state index < -0.39 is 22.7 Å². The molecule has 0 radical (unpaired) electrons. The van der Waals surface area contributed by atoms with Crippen molar-refractivity contribution in [3.8, 4) is 5.75 Å². The molecule has 0 saturated heterocycles. The average Bonchev–Trinajstić information content (AvgIpc) is 2.82. The molecule has 0 aromatic heterocycles. The van der Waals surface area contributed by atoms with Gasteiger partial charge in [-0.05, 0) is 36.4 Å². The van der Waals surface area contributed by atoms with Gasteiger partial charge in [-0.3, -0.25) is 30.6 Å². The molecular weight excluding hydrogens is 414 g/mol. The van der Waals surface area contributed by atoms with Crippen LogP contribution in [0.25, 0.3) is 6.08 Å². The summed E-state index contributed by atoms with van der Waals surface area (Å²) in [7, 11) is 0. The van der Waals surface area contributed by atoms with Crippen molar-refractivity contribution in [2.45, 2.75) is 0 Å². The van der Waals surface area contributed by atoms with E-state index in [4.69, 9.17) is 4.74 Å². The van der Waals surface area contributed by atoms with E-state index in [0.717, 1.165) is 0 Å². The van der Waals surface area contributed by atoms with Crippen LogP contribution in [0.3, 0.4) is 0 Å². The number of nitrogens with one attached hydrogen (secondary N) is 2. The standard InChI is InChI=1S/C23H17N3O6/c27-21(24-25-22(28)17-7-2-1-3-8-17)15-12-16-6-4-5-9-20(16)32-23(29)18-10-13-19(14-11-18)26(30)31/h1-15H,(H,24,27)(H,25,28)/b15-12+. The van der Waals surface area contributed by atoms with E-state index in [9.17, 15) is 24.5 Å². The van der Waals surface area contributed by atoms with Crippen molar-refractivity contribution in [2.75, 3.05) is 0 Å². The maximum absolute atomic E-state index is 12.4. The Morgan fingerprint density at radius 3 is 2.16 bits per heavy atom. The number of hydrogen-bond donors (Lipinski definition) is 2. The van der Waals surface area contributed by atoms with Gasteiger partial charge in [-0.15, -0.1) is 0 Å². The molecule has 0 saturated carbocycles. The van der Waals surface area contributed by atoms with Crippen molar-refractivity contribution >= 4 is 29.5 Å². The van der Waals surface area contributed by atoms with E-state index in [1.54, 1.807) is 48.5 Å². The van der Waals surface area contributed by atoms with Crippen LogP contribution in [0.15, 0.2) is 84.9 Å². The quantitative estimate of drug-likeness (QED) is 0.203. The number of nitro benzene ring substituents is 1. The van der Waals surface area contributed by atoms with Gasteiger partial charge in [0.1, 0.15) is 5.75 Å². The van der Waals surface area contributed by atoms with E-state index in [1.165, 1.54) is 42.5 Å². The number of non-ortho nitro benzene ring substituents is 1. The Morgan fingerprint density at radius 2 is 1.47 bits per heavy atom. The number of carbonyl (C=O) groups excluding carboxylic acids is 3. The smallest absolute Gasteiger partial charge is 0.343 e. The van der Waals surface area contributed by atoms with Gasteiger partial charge in [0, 0.05) is 29.3 Å². The molecule has 0 atom stereocenters. The summed E-state index contributed by atoms with van der Waals surface area (Å²) in [6, 6.07) is 19.9. The number of benzene rings is 3. The molecule has 3 rings (SSSR count). The Kier molecular flexibility index (Phi) is 7.05. The summed E-state index contributed by atoms with van der Waals surface area (Å²) in [4.78, 5) is 46.5. The van der Waals surface area contributed by atoms with Gasteiger partial charge in [-0.1, -0.05) is 36.4 Å². The van der Waals surface area contributed by atoms with E-state index in [2.05, 4.69) is 10.9 Å². The summed E-state index contributed by atoms with van der Waals surface area (Å²) in [5.41, 5.74) is 5.37. The monoisotopic (exact) mass is 431 g/mol. The maximum atomic E-state index is 12.4. The lowest BCUT2D eigenvalue weighted by molar-refractivity contribution is -0.384. The molecule has 3 aromatic rings. The average molecular weight is 431 g/mol. The molecule has 0 heterocycles. The first-order valence-electron chi connectivity index (χ1n) is 9.33. The Hall–Kier alpha value is -4.79. The van der Waals surface area contributed by atoms with Crippen LogP contribution in [0.1, 0.15) is 26.3 Å². The molecule has 2 N–H and O–H groups in total. The zero-order valence-electron chi connectivity index (χ0n) is 16.6. The van der Waals surface area contributed by atoms with Crippen LogP contribution in [-0.4, -0.2) is 22.7 Å². The van der Waals surface area contributed by atoms with E-state index in [1.807, 2.05) is 0 Å². The Labute approximate surface area is 182 Å². The number of hydrazine groups is 1. The second-order valence-electron chi connectivity index (χ2n) is 6.37. The summed E-state index contributed by atoms with van der Waals surface area (Å²) in [6.45, 7) is 0. The topological polar surface area (TPSA) is 128 Å². The molecule has 0 aliphatic rings. The lowest BCUT2D eigenvalue weighted by Gasteiger charge is -2.08. The molecule has 32 heavy (non-hydrogen) atoms. The third-order valence-electron chi connectivity index (χ3n) is 4.18. The number of carbonyl (C=O) groups is 3. The highest BCUT2D eigenvalue weighted by molar-refractivity contribution is 5.98. The molecule has 0 unspecified atom stereocenters. The minimum Gasteiger partial charge on any atom is -0.422 e. The number of esters is 1. The van der Waals surface area contributed by atoms with Gasteiger partial charge in [-0.25, -0.2) is 4.79 Å². The highest BCUT2D eigenvalue weighted by Crippen LogP contribution is 2.21. The number of rotatable bonds is 6. The van der Waals surface area contributed by atoms with Gasteiger partial charge in [0.15, 0.2) is 0 Å². The number of nitro groups is 1. The largest absolute Gasteiger partial charge is 0.422 e. The summed E-state index contributed by atoms with van der Waals surface area (Å²) in [6.07, 6.45) is 2.59. The first kappa shape index (κ1) is 21.9. The van der Waals surface area contributed by atoms with Crippen molar-refractivity contribution in [2.24, 2.45) is 0 Å². The van der Waals surface area contributed by atoms with Crippen LogP contribution < -0.4 is 15.6 Å². The van der Waals surface area contributed by atoms with Gasteiger partial charge in [-0.2, -0.15) is 0 Å². The van der Waals surface area contributed by atoms with Crippen LogP contribution in [-0.2, 0) is 4.79 Å². The number of hydrogen-bond acceptors (Lipinski definition) is 6. The van der Waals surface area contributed by atoms with E-state index in [0.29, 0.717) is 11.1 Å². The van der Waals surface area contributed by atoms with Crippen molar-refractivity contribution in [3.63, 3.8) is 0 Å². The number of amides is 2. The molecule has 0 aliphatic heterocycles. The molecule has 2 amide bonds. The number of para-hydroxylation sites is 1. The molecule has 3 aromatic carbocycles. The molecule has 160 valence electrons. The maximum Gasteiger partial charge on any atom is 0.343 e.